The lowest BCUT2D eigenvalue weighted by Crippen LogP contribution is -2.45. The summed E-state index contributed by atoms with van der Waals surface area (Å²) in [5.41, 5.74) is 2.55. The van der Waals surface area contributed by atoms with E-state index in [4.69, 9.17) is 16.3 Å². The molecule has 5 rings (SSSR count). The van der Waals surface area contributed by atoms with Gasteiger partial charge in [-0.15, -0.1) is 0 Å². The molecule has 8 nitrogen and oxygen atoms in total. The van der Waals surface area contributed by atoms with Crippen LogP contribution in [0.1, 0.15) is 37.5 Å². The lowest BCUT2D eigenvalue weighted by atomic mass is 9.99. The van der Waals surface area contributed by atoms with Crippen LogP contribution >= 0.6 is 11.6 Å². The minimum absolute atomic E-state index is 0.0650. The minimum Gasteiger partial charge on any atom is -0.496 e. The smallest absolute Gasteiger partial charge is 0.260 e. The molecule has 0 radical (unpaired) electrons. The topological polar surface area (TPSA) is 101 Å². The molecule has 1 aliphatic rings. The molecule has 2 amide bonds. The van der Waals surface area contributed by atoms with E-state index in [0.29, 0.717) is 27.4 Å². The molecule has 0 spiro atoms. The number of Topliss-reactive ketones (excluding diaryl/α,β-unsaturated/α-hetero) is 1. The molecule has 0 aliphatic carbocycles. The number of halogens is 2. The Labute approximate surface area is 234 Å². The Kier molecular flexibility index (Phi) is 7.84. The van der Waals surface area contributed by atoms with Gasteiger partial charge in [0, 0.05) is 41.9 Å². The number of carbonyl (C=O) groups is 3. The number of aromatic nitrogens is 2. The number of carbonyl (C=O) groups excluding carboxylic acids is 3. The van der Waals surface area contributed by atoms with Crippen LogP contribution in [0.15, 0.2) is 79.1 Å². The first-order valence-corrected chi connectivity index (χ1v) is 12.8. The molecule has 40 heavy (non-hydrogen) atoms. The number of benzene rings is 2. The number of nitrogens with zero attached hydrogens (tertiary/aromatic N) is 3. The zero-order valence-corrected chi connectivity index (χ0v) is 22.2. The Morgan fingerprint density at radius 3 is 2.67 bits per heavy atom. The van der Waals surface area contributed by atoms with Crippen LogP contribution in [-0.2, 0) is 24.2 Å². The monoisotopic (exact) mass is 558 g/mol. The van der Waals surface area contributed by atoms with Gasteiger partial charge in [0.15, 0.2) is 5.78 Å². The van der Waals surface area contributed by atoms with Gasteiger partial charge in [-0.2, -0.15) is 0 Å². The summed E-state index contributed by atoms with van der Waals surface area (Å²) in [6.07, 6.45) is 2.96. The van der Waals surface area contributed by atoms with E-state index in [1.54, 1.807) is 48.7 Å². The van der Waals surface area contributed by atoms with Gasteiger partial charge in [0.1, 0.15) is 17.4 Å². The van der Waals surface area contributed by atoms with Gasteiger partial charge in [-0.25, -0.2) is 9.37 Å². The number of ether oxygens (including phenoxy) is 1. The molecule has 1 atom stereocenters. The van der Waals surface area contributed by atoms with Crippen LogP contribution in [0.25, 0.3) is 0 Å². The van der Waals surface area contributed by atoms with Crippen molar-refractivity contribution in [2.45, 2.75) is 25.4 Å². The molecule has 0 unspecified atom stereocenters. The van der Waals surface area contributed by atoms with E-state index in [0.717, 1.165) is 6.20 Å². The van der Waals surface area contributed by atoms with E-state index >= 15 is 0 Å². The number of anilines is 1. The maximum atomic E-state index is 13.8. The number of hydrogen-bond donors (Lipinski definition) is 1. The fourth-order valence-electron chi connectivity index (χ4n) is 4.67. The summed E-state index contributed by atoms with van der Waals surface area (Å²) >= 11 is 6.18. The van der Waals surface area contributed by atoms with Crippen molar-refractivity contribution in [3.8, 4) is 5.75 Å². The fourth-order valence-corrected chi connectivity index (χ4v) is 4.86. The van der Waals surface area contributed by atoms with Crippen LogP contribution in [0.3, 0.4) is 0 Å². The van der Waals surface area contributed by atoms with Crippen LogP contribution in [0.4, 0.5) is 10.2 Å². The molecule has 4 aromatic rings. The van der Waals surface area contributed by atoms with E-state index in [1.165, 1.54) is 24.1 Å². The quantitative estimate of drug-likeness (QED) is 0.346. The molecular formula is C30H24ClFN4O4. The van der Waals surface area contributed by atoms with Crippen molar-refractivity contribution >= 4 is 35.0 Å². The molecule has 0 fully saturated rings. The van der Waals surface area contributed by atoms with Crippen molar-refractivity contribution in [1.82, 2.24) is 14.9 Å². The summed E-state index contributed by atoms with van der Waals surface area (Å²) in [6, 6.07) is 17.0. The van der Waals surface area contributed by atoms with Gasteiger partial charge in [-0.1, -0.05) is 23.7 Å². The molecule has 2 aromatic heterocycles. The van der Waals surface area contributed by atoms with Crippen molar-refractivity contribution in [1.29, 1.82) is 0 Å². The Morgan fingerprint density at radius 1 is 1.10 bits per heavy atom. The third kappa shape index (κ3) is 5.84. The Morgan fingerprint density at radius 2 is 1.95 bits per heavy atom. The maximum Gasteiger partial charge on any atom is 0.260 e. The van der Waals surface area contributed by atoms with Crippen LogP contribution in [-0.4, -0.2) is 45.6 Å². The fraction of sp³-hybridized carbons (Fsp3) is 0.167. The highest BCUT2D eigenvalue weighted by atomic mass is 35.5. The molecule has 202 valence electrons. The van der Waals surface area contributed by atoms with Crippen LogP contribution in [0, 0.1) is 5.82 Å². The predicted octanol–water partition coefficient (Wildman–Crippen LogP) is 4.91. The zero-order valence-electron chi connectivity index (χ0n) is 21.4. The van der Waals surface area contributed by atoms with E-state index in [-0.39, 0.29) is 48.2 Å². The second-order valence-corrected chi connectivity index (χ2v) is 9.71. The summed E-state index contributed by atoms with van der Waals surface area (Å²) < 4.78 is 18.7. The standard InChI is InChI=1S/C30H24ClFN4O4/c1-40-27-12-18(5-8-24(27)29(38)35-28-10-7-21(32)16-34-28)17-36-25(15-22-4-2-3-11-33-22)26(37)14-19-13-20(31)6-9-23(19)30(36)39/h2-13,16,25H,14-15,17H2,1H3,(H,34,35,38)/t25-/m1/s1. The summed E-state index contributed by atoms with van der Waals surface area (Å²) in [7, 11) is 1.43. The average molecular weight is 559 g/mol. The van der Waals surface area contributed by atoms with Gasteiger partial charge in [0.2, 0.25) is 0 Å². The Hall–Kier alpha value is -4.63. The number of methoxy groups -OCH3 is 1. The number of pyridine rings is 2. The number of hydrogen-bond acceptors (Lipinski definition) is 6. The third-order valence-corrected chi connectivity index (χ3v) is 6.87. The number of rotatable bonds is 7. The van der Waals surface area contributed by atoms with Crippen molar-refractivity contribution in [2.75, 3.05) is 12.4 Å². The lowest BCUT2D eigenvalue weighted by molar-refractivity contribution is -0.122. The molecular weight excluding hydrogens is 535 g/mol. The minimum atomic E-state index is -0.771. The van der Waals surface area contributed by atoms with E-state index in [9.17, 15) is 18.8 Å². The Bertz CT molecular complexity index is 1580. The molecule has 1 N–H and O–H groups in total. The number of amides is 2. The number of ketones is 1. The van der Waals surface area contributed by atoms with Crippen LogP contribution < -0.4 is 10.1 Å². The average Bonchev–Trinajstić information content (AvgIpc) is 3.04. The molecule has 0 bridgehead atoms. The maximum absolute atomic E-state index is 13.8. The van der Waals surface area contributed by atoms with E-state index in [2.05, 4.69) is 15.3 Å². The first-order valence-electron chi connectivity index (χ1n) is 12.4. The predicted molar refractivity (Wildman–Crippen MR) is 147 cm³/mol. The van der Waals surface area contributed by atoms with Crippen LogP contribution in [0.2, 0.25) is 5.02 Å². The molecule has 2 aromatic carbocycles. The summed E-state index contributed by atoms with van der Waals surface area (Å²) in [5.74, 6) is -1.01. The number of fused-ring (bicyclic) bond motifs is 1. The van der Waals surface area contributed by atoms with Crippen molar-refractivity contribution in [3.05, 3.63) is 118 Å². The van der Waals surface area contributed by atoms with Gasteiger partial charge >= 0.3 is 0 Å². The second-order valence-electron chi connectivity index (χ2n) is 9.27. The highest BCUT2D eigenvalue weighted by Gasteiger charge is 2.36. The highest BCUT2D eigenvalue weighted by Crippen LogP contribution is 2.28. The van der Waals surface area contributed by atoms with Gasteiger partial charge in [0.05, 0.1) is 24.9 Å². The molecule has 1 aliphatic heterocycles. The largest absolute Gasteiger partial charge is 0.496 e. The van der Waals surface area contributed by atoms with Gasteiger partial charge in [0.25, 0.3) is 11.8 Å². The van der Waals surface area contributed by atoms with E-state index < -0.39 is 17.8 Å². The van der Waals surface area contributed by atoms with Crippen molar-refractivity contribution in [2.24, 2.45) is 0 Å². The first-order chi connectivity index (χ1) is 19.3. The lowest BCUT2D eigenvalue weighted by Gasteiger charge is -2.29. The normalized spacial score (nSPS) is 14.9. The van der Waals surface area contributed by atoms with Crippen molar-refractivity contribution in [3.63, 3.8) is 0 Å². The van der Waals surface area contributed by atoms with E-state index in [1.807, 2.05) is 12.1 Å². The molecule has 3 heterocycles. The second kappa shape index (κ2) is 11.6. The Balaban J connectivity index is 1.46. The van der Waals surface area contributed by atoms with Gasteiger partial charge in [-0.05, 0) is 65.7 Å². The number of nitrogens with one attached hydrogen (secondary N) is 1. The van der Waals surface area contributed by atoms with Gasteiger partial charge in [-0.3, -0.25) is 19.4 Å². The molecule has 0 saturated carbocycles. The molecule has 10 heteroatoms. The summed E-state index contributed by atoms with van der Waals surface area (Å²) in [6.45, 7) is 0.0852. The highest BCUT2D eigenvalue weighted by molar-refractivity contribution is 6.30. The SMILES string of the molecule is COc1cc(CN2C(=O)c3ccc(Cl)cc3CC(=O)[C@H]2Cc2ccccn2)ccc1C(=O)Nc1ccc(F)cn1. The summed E-state index contributed by atoms with van der Waals surface area (Å²) in [5, 5.41) is 3.06. The first kappa shape index (κ1) is 27.0. The van der Waals surface area contributed by atoms with Gasteiger partial charge < -0.3 is 15.0 Å². The zero-order chi connectivity index (χ0) is 28.2. The summed E-state index contributed by atoms with van der Waals surface area (Å²) in [4.78, 5) is 50.0. The van der Waals surface area contributed by atoms with Crippen molar-refractivity contribution < 1.29 is 23.5 Å². The molecule has 0 saturated heterocycles. The van der Waals surface area contributed by atoms with Crippen LogP contribution in [0.5, 0.6) is 5.75 Å². The third-order valence-electron chi connectivity index (χ3n) is 6.63.